The summed E-state index contributed by atoms with van der Waals surface area (Å²) in [6, 6.07) is 6.83. The quantitative estimate of drug-likeness (QED) is 0.909. The molecule has 0 aliphatic carbocycles. The van der Waals surface area contributed by atoms with Crippen molar-refractivity contribution < 1.29 is 0 Å². The number of rotatable bonds is 3. The minimum atomic E-state index is 0.451. The third-order valence-electron chi connectivity index (χ3n) is 4.75. The van der Waals surface area contributed by atoms with Gasteiger partial charge in [0.1, 0.15) is 0 Å². The van der Waals surface area contributed by atoms with Gasteiger partial charge in [-0.3, -0.25) is 0 Å². The highest BCUT2D eigenvalue weighted by molar-refractivity contribution is 5.54. The summed E-state index contributed by atoms with van der Waals surface area (Å²) in [6.45, 7) is 12.5. The van der Waals surface area contributed by atoms with Crippen molar-refractivity contribution in [3.63, 3.8) is 0 Å². The predicted octanol–water partition coefficient (Wildman–Crippen LogP) is 3.76. The Morgan fingerprint density at radius 2 is 1.85 bits per heavy atom. The topological polar surface area (TPSA) is 29.3 Å². The lowest BCUT2D eigenvalue weighted by molar-refractivity contribution is 0.199. The molecular formula is C18H30N2. The molecule has 20 heavy (non-hydrogen) atoms. The Balaban J connectivity index is 2.03. The van der Waals surface area contributed by atoms with Crippen LogP contribution in [0.2, 0.25) is 0 Å². The van der Waals surface area contributed by atoms with Crippen LogP contribution in [0.25, 0.3) is 0 Å². The predicted molar refractivity (Wildman–Crippen MR) is 88.3 cm³/mol. The molecule has 1 fully saturated rings. The summed E-state index contributed by atoms with van der Waals surface area (Å²) in [7, 11) is 0. The largest absolute Gasteiger partial charge is 0.371 e. The first kappa shape index (κ1) is 15.4. The second kappa shape index (κ2) is 6.17. The molecule has 1 heterocycles. The smallest absolute Gasteiger partial charge is 0.0396 e. The van der Waals surface area contributed by atoms with E-state index in [0.29, 0.717) is 5.41 Å². The number of benzene rings is 1. The molecule has 0 saturated carbocycles. The summed E-state index contributed by atoms with van der Waals surface area (Å²) < 4.78 is 0. The summed E-state index contributed by atoms with van der Waals surface area (Å²) in [5.74, 6) is 0.857. The molecule has 1 aliphatic rings. The van der Waals surface area contributed by atoms with Crippen LogP contribution in [-0.2, 0) is 6.42 Å². The molecule has 2 nitrogen and oxygen atoms in total. The lowest BCUT2D eigenvalue weighted by Gasteiger charge is -2.40. The summed E-state index contributed by atoms with van der Waals surface area (Å²) in [6.07, 6.45) is 3.61. The van der Waals surface area contributed by atoms with E-state index in [4.69, 9.17) is 5.73 Å². The van der Waals surface area contributed by atoms with Gasteiger partial charge in [0.15, 0.2) is 0 Å². The molecule has 2 N–H and O–H groups in total. The molecule has 0 radical (unpaired) electrons. The fourth-order valence-electron chi connectivity index (χ4n) is 3.38. The lowest BCUT2D eigenvalue weighted by atomic mass is 9.75. The van der Waals surface area contributed by atoms with Gasteiger partial charge in [-0.2, -0.15) is 0 Å². The molecule has 0 unspecified atom stereocenters. The van der Waals surface area contributed by atoms with Crippen molar-refractivity contribution in [3.05, 3.63) is 29.3 Å². The van der Waals surface area contributed by atoms with E-state index in [1.807, 2.05) is 0 Å². The van der Waals surface area contributed by atoms with Gasteiger partial charge in [-0.15, -0.1) is 0 Å². The van der Waals surface area contributed by atoms with Crippen molar-refractivity contribution in [2.45, 2.75) is 47.0 Å². The van der Waals surface area contributed by atoms with Crippen molar-refractivity contribution >= 4 is 5.69 Å². The SMILES string of the molecule is Cc1cc(CCN)ccc1N1CCC(C(C)(C)C)CC1. The summed E-state index contributed by atoms with van der Waals surface area (Å²) in [5, 5.41) is 0. The Kier molecular flexibility index (Phi) is 4.74. The third-order valence-corrected chi connectivity index (χ3v) is 4.75. The van der Waals surface area contributed by atoms with Crippen LogP contribution in [0.5, 0.6) is 0 Å². The van der Waals surface area contributed by atoms with Crippen molar-refractivity contribution in [1.29, 1.82) is 0 Å². The zero-order valence-corrected chi connectivity index (χ0v) is 13.6. The number of nitrogens with zero attached hydrogens (tertiary/aromatic N) is 1. The maximum atomic E-state index is 5.64. The van der Waals surface area contributed by atoms with Crippen LogP contribution in [0.3, 0.4) is 0 Å². The lowest BCUT2D eigenvalue weighted by Crippen LogP contribution is -2.38. The monoisotopic (exact) mass is 274 g/mol. The van der Waals surface area contributed by atoms with E-state index in [1.165, 1.54) is 42.7 Å². The van der Waals surface area contributed by atoms with E-state index in [0.717, 1.165) is 18.9 Å². The average Bonchev–Trinajstić information content (AvgIpc) is 2.38. The average molecular weight is 274 g/mol. The van der Waals surface area contributed by atoms with Gasteiger partial charge in [0.2, 0.25) is 0 Å². The number of hydrogen-bond donors (Lipinski definition) is 1. The third kappa shape index (κ3) is 3.54. The molecule has 112 valence electrons. The molecule has 0 amide bonds. The first-order valence-corrected chi connectivity index (χ1v) is 7.96. The van der Waals surface area contributed by atoms with Crippen LogP contribution in [0.1, 0.15) is 44.7 Å². The number of hydrogen-bond acceptors (Lipinski definition) is 2. The van der Waals surface area contributed by atoms with E-state index in [-0.39, 0.29) is 0 Å². The van der Waals surface area contributed by atoms with Crippen molar-refractivity contribution in [1.82, 2.24) is 0 Å². The molecule has 0 bridgehead atoms. The molecule has 0 aromatic heterocycles. The molecule has 2 heteroatoms. The Hall–Kier alpha value is -1.02. The molecule has 1 aliphatic heterocycles. The van der Waals surface area contributed by atoms with E-state index in [9.17, 15) is 0 Å². The minimum absolute atomic E-state index is 0.451. The highest BCUT2D eigenvalue weighted by atomic mass is 15.1. The van der Waals surface area contributed by atoms with Gasteiger partial charge in [-0.1, -0.05) is 32.9 Å². The Labute approximate surface area is 124 Å². The second-order valence-electron chi connectivity index (χ2n) is 7.29. The minimum Gasteiger partial charge on any atom is -0.371 e. The molecule has 0 atom stereocenters. The zero-order valence-electron chi connectivity index (χ0n) is 13.6. The normalized spacial score (nSPS) is 17.6. The fourth-order valence-corrected chi connectivity index (χ4v) is 3.38. The number of anilines is 1. The van der Waals surface area contributed by atoms with E-state index in [2.05, 4.69) is 50.8 Å². The molecule has 1 aromatic carbocycles. The first-order chi connectivity index (χ1) is 9.41. The van der Waals surface area contributed by atoms with Crippen molar-refractivity contribution in [3.8, 4) is 0 Å². The maximum Gasteiger partial charge on any atom is 0.0396 e. The van der Waals surface area contributed by atoms with Gasteiger partial charge in [0.25, 0.3) is 0 Å². The Bertz CT molecular complexity index is 437. The Morgan fingerprint density at radius 3 is 2.35 bits per heavy atom. The van der Waals surface area contributed by atoms with Gasteiger partial charge in [-0.05, 0) is 61.3 Å². The van der Waals surface area contributed by atoms with Crippen molar-refractivity contribution in [2.24, 2.45) is 17.1 Å². The molecule has 0 spiro atoms. The highest BCUT2D eigenvalue weighted by Crippen LogP contribution is 2.36. The summed E-state index contributed by atoms with van der Waals surface area (Å²) in [5.41, 5.74) is 10.3. The van der Waals surface area contributed by atoms with Crippen molar-refractivity contribution in [2.75, 3.05) is 24.5 Å². The van der Waals surface area contributed by atoms with Gasteiger partial charge >= 0.3 is 0 Å². The zero-order chi connectivity index (χ0) is 14.8. The van der Waals surface area contributed by atoms with Gasteiger partial charge in [0.05, 0.1) is 0 Å². The van der Waals surface area contributed by atoms with E-state index in [1.54, 1.807) is 0 Å². The van der Waals surface area contributed by atoms with Gasteiger partial charge in [0, 0.05) is 18.8 Å². The highest BCUT2D eigenvalue weighted by Gasteiger charge is 2.29. The molecular weight excluding hydrogens is 244 g/mol. The molecule has 2 rings (SSSR count). The molecule has 1 aromatic rings. The first-order valence-electron chi connectivity index (χ1n) is 7.96. The van der Waals surface area contributed by atoms with Crippen LogP contribution in [-0.4, -0.2) is 19.6 Å². The number of nitrogens with two attached hydrogens (primary N) is 1. The van der Waals surface area contributed by atoms with E-state index < -0.39 is 0 Å². The number of piperidine rings is 1. The maximum absolute atomic E-state index is 5.64. The van der Waals surface area contributed by atoms with Crippen LogP contribution < -0.4 is 10.6 Å². The summed E-state index contributed by atoms with van der Waals surface area (Å²) >= 11 is 0. The Morgan fingerprint density at radius 1 is 1.20 bits per heavy atom. The van der Waals surface area contributed by atoms with Crippen LogP contribution >= 0.6 is 0 Å². The fraction of sp³-hybridized carbons (Fsp3) is 0.667. The number of aryl methyl sites for hydroxylation is 1. The van der Waals surface area contributed by atoms with Gasteiger partial charge < -0.3 is 10.6 Å². The molecule has 1 saturated heterocycles. The van der Waals surface area contributed by atoms with Crippen LogP contribution in [0.15, 0.2) is 18.2 Å². The van der Waals surface area contributed by atoms with Crippen LogP contribution in [0.4, 0.5) is 5.69 Å². The second-order valence-corrected chi connectivity index (χ2v) is 7.29. The van der Waals surface area contributed by atoms with Gasteiger partial charge in [-0.25, -0.2) is 0 Å². The standard InChI is InChI=1S/C18H30N2/c1-14-13-15(7-10-19)5-6-17(14)20-11-8-16(9-12-20)18(2,3)4/h5-6,13,16H,7-12,19H2,1-4H3. The summed E-state index contributed by atoms with van der Waals surface area (Å²) in [4.78, 5) is 2.56. The van der Waals surface area contributed by atoms with E-state index >= 15 is 0 Å². The van der Waals surface area contributed by atoms with Crippen LogP contribution in [0, 0.1) is 18.3 Å².